The van der Waals surface area contributed by atoms with Crippen molar-refractivity contribution in [2.75, 3.05) is 13.1 Å². The molecule has 1 aliphatic heterocycles. The molecule has 1 aromatic rings. The number of halogens is 2. The zero-order valence-corrected chi connectivity index (χ0v) is 17.1. The van der Waals surface area contributed by atoms with Gasteiger partial charge in [-0.1, -0.05) is 43.3 Å². The first kappa shape index (κ1) is 20.8. The van der Waals surface area contributed by atoms with Crippen molar-refractivity contribution in [2.24, 2.45) is 10.1 Å². The minimum atomic E-state index is -4.03. The molecule has 25 heavy (non-hydrogen) atoms. The van der Waals surface area contributed by atoms with Gasteiger partial charge in [-0.05, 0) is 25.0 Å². The Morgan fingerprint density at radius 3 is 2.64 bits per heavy atom. The van der Waals surface area contributed by atoms with Crippen molar-refractivity contribution in [3.05, 3.63) is 28.8 Å². The molecule has 6 nitrogen and oxygen atoms in total. The first-order chi connectivity index (χ1) is 11.7. The van der Waals surface area contributed by atoms with E-state index in [1.807, 2.05) is 13.8 Å². The molecule has 3 N–H and O–H groups in total. The highest BCUT2D eigenvalue weighted by atomic mass is 35.5. The molecule has 1 fully saturated rings. The smallest absolute Gasteiger partial charge is 0.239 e. The molecule has 140 valence electrons. The average Bonchev–Trinajstić information content (AvgIpc) is 2.78. The molecule has 0 aromatic heterocycles. The molecule has 0 amide bonds. The molecule has 0 aliphatic carbocycles. The highest BCUT2D eigenvalue weighted by Gasteiger charge is 2.52. The van der Waals surface area contributed by atoms with Crippen LogP contribution in [0.4, 0.5) is 0 Å². The van der Waals surface area contributed by atoms with Gasteiger partial charge in [0.25, 0.3) is 0 Å². The maximum absolute atomic E-state index is 11.8. The number of primary sulfonamides is 1. The Hall–Kier alpha value is -0.510. The maximum Gasteiger partial charge on any atom is 0.239 e. The lowest BCUT2D eigenvalue weighted by Gasteiger charge is -2.36. The molecule has 2 atom stereocenters. The zero-order valence-electron chi connectivity index (χ0n) is 13.9. The van der Waals surface area contributed by atoms with E-state index in [1.54, 1.807) is 11.0 Å². The summed E-state index contributed by atoms with van der Waals surface area (Å²) in [6.45, 7) is 5.12. The first-order valence-electron chi connectivity index (χ1n) is 7.84. The largest absolute Gasteiger partial charge is 0.365 e. The van der Waals surface area contributed by atoms with Crippen LogP contribution in [0.3, 0.4) is 0 Å². The van der Waals surface area contributed by atoms with Gasteiger partial charge in [-0.25, -0.2) is 13.6 Å². The van der Waals surface area contributed by atoms with Crippen molar-refractivity contribution in [3.8, 4) is 0 Å². The number of aliphatic hydroxyl groups is 1. The van der Waals surface area contributed by atoms with E-state index in [1.165, 1.54) is 23.9 Å². The number of amidine groups is 1. The molecule has 1 heterocycles. The van der Waals surface area contributed by atoms with Gasteiger partial charge >= 0.3 is 0 Å². The second-order valence-corrected chi connectivity index (χ2v) is 9.37. The summed E-state index contributed by atoms with van der Waals surface area (Å²) in [5, 5.41) is 17.2. The van der Waals surface area contributed by atoms with Crippen LogP contribution in [0.15, 0.2) is 28.1 Å². The second kappa shape index (κ2) is 8.02. The van der Waals surface area contributed by atoms with E-state index >= 15 is 0 Å². The molecular weight excluding hydrogens is 405 g/mol. The van der Waals surface area contributed by atoms with E-state index in [-0.39, 0.29) is 9.92 Å². The minimum Gasteiger partial charge on any atom is -0.365 e. The van der Waals surface area contributed by atoms with Crippen LogP contribution in [0.5, 0.6) is 0 Å². The fourth-order valence-electron chi connectivity index (χ4n) is 2.56. The number of thioether (sulfide) groups is 1. The van der Waals surface area contributed by atoms with Gasteiger partial charge in [-0.3, -0.25) is 4.99 Å². The topological polar surface area (TPSA) is 96.0 Å². The summed E-state index contributed by atoms with van der Waals surface area (Å²) in [6.07, 6.45) is 1.62. The van der Waals surface area contributed by atoms with Gasteiger partial charge in [-0.2, -0.15) is 0 Å². The van der Waals surface area contributed by atoms with Crippen LogP contribution in [0.25, 0.3) is 0 Å². The monoisotopic (exact) mass is 425 g/mol. The Morgan fingerprint density at radius 2 is 2.08 bits per heavy atom. The van der Waals surface area contributed by atoms with Crippen LogP contribution in [0, 0.1) is 0 Å². The lowest BCUT2D eigenvalue weighted by atomic mass is 10.0. The van der Waals surface area contributed by atoms with E-state index in [9.17, 15) is 13.5 Å². The predicted octanol–water partition coefficient (Wildman–Crippen LogP) is 2.92. The van der Waals surface area contributed by atoms with Crippen LogP contribution in [0.1, 0.15) is 32.3 Å². The van der Waals surface area contributed by atoms with Crippen molar-refractivity contribution in [2.45, 2.75) is 42.0 Å². The van der Waals surface area contributed by atoms with Crippen molar-refractivity contribution in [3.63, 3.8) is 0 Å². The fraction of sp³-hybridized carbons (Fsp3) is 0.533. The molecule has 2 unspecified atom stereocenters. The molecule has 0 saturated carbocycles. The van der Waals surface area contributed by atoms with E-state index in [0.717, 1.165) is 12.8 Å². The molecule has 0 bridgehead atoms. The van der Waals surface area contributed by atoms with E-state index in [0.29, 0.717) is 23.8 Å². The summed E-state index contributed by atoms with van der Waals surface area (Å²) in [7, 11) is -4.03. The van der Waals surface area contributed by atoms with Crippen molar-refractivity contribution in [1.82, 2.24) is 4.90 Å². The summed E-state index contributed by atoms with van der Waals surface area (Å²) in [5.41, 5.74) is -1.30. The van der Waals surface area contributed by atoms with Gasteiger partial charge in [0, 0.05) is 18.7 Å². The number of sulfonamides is 1. The third-order valence-corrected chi connectivity index (χ3v) is 6.81. The average molecular weight is 426 g/mol. The van der Waals surface area contributed by atoms with E-state index < -0.39 is 20.5 Å². The van der Waals surface area contributed by atoms with Gasteiger partial charge < -0.3 is 10.0 Å². The molecule has 10 heteroatoms. The molecule has 1 saturated heterocycles. The number of alkyl halides is 1. The molecule has 1 aliphatic rings. The van der Waals surface area contributed by atoms with Crippen LogP contribution >= 0.6 is 35.0 Å². The highest BCUT2D eigenvalue weighted by Crippen LogP contribution is 2.47. The second-order valence-electron chi connectivity index (χ2n) is 5.67. The van der Waals surface area contributed by atoms with Crippen molar-refractivity contribution >= 4 is 50.2 Å². The Labute approximate surface area is 162 Å². The Bertz CT molecular complexity index is 773. The lowest BCUT2D eigenvalue weighted by molar-refractivity contribution is -0.0561. The fourth-order valence-corrected chi connectivity index (χ4v) is 5.25. The van der Waals surface area contributed by atoms with Crippen LogP contribution in [-0.4, -0.2) is 41.4 Å². The highest BCUT2D eigenvalue weighted by molar-refractivity contribution is 8.15. The number of aliphatic imine (C=N–C) groups is 1. The van der Waals surface area contributed by atoms with Gasteiger partial charge in [0.2, 0.25) is 10.0 Å². The van der Waals surface area contributed by atoms with Gasteiger partial charge in [0.1, 0.15) is 9.60 Å². The SMILES string of the molecule is CCCN=C1SC(Cl)C(O)(c2ccc(Cl)c(S(N)(=O)=O)c2)N1CCC. The molecule has 0 radical (unpaired) electrons. The van der Waals surface area contributed by atoms with Crippen molar-refractivity contribution < 1.29 is 13.5 Å². The number of nitrogens with zero attached hydrogens (tertiary/aromatic N) is 2. The third-order valence-electron chi connectivity index (χ3n) is 3.75. The van der Waals surface area contributed by atoms with Gasteiger partial charge in [0.15, 0.2) is 10.9 Å². The Kier molecular flexibility index (Phi) is 6.67. The van der Waals surface area contributed by atoms with Crippen LogP contribution in [0.2, 0.25) is 5.02 Å². The number of benzene rings is 1. The van der Waals surface area contributed by atoms with E-state index in [4.69, 9.17) is 28.3 Å². The zero-order chi connectivity index (χ0) is 18.8. The molecular formula is C15H21Cl2N3O3S2. The van der Waals surface area contributed by atoms with Crippen LogP contribution < -0.4 is 5.14 Å². The summed E-state index contributed by atoms with van der Waals surface area (Å²) in [6, 6.07) is 4.23. The summed E-state index contributed by atoms with van der Waals surface area (Å²) < 4.78 is 22.8. The van der Waals surface area contributed by atoms with E-state index in [2.05, 4.69) is 4.99 Å². The predicted molar refractivity (Wildman–Crippen MR) is 104 cm³/mol. The third kappa shape index (κ3) is 4.09. The molecule has 0 spiro atoms. The summed E-state index contributed by atoms with van der Waals surface area (Å²) in [5.74, 6) is 0. The Balaban J connectivity index is 2.58. The Morgan fingerprint density at radius 1 is 1.40 bits per heavy atom. The number of hydrogen-bond donors (Lipinski definition) is 2. The van der Waals surface area contributed by atoms with Crippen LogP contribution in [-0.2, 0) is 15.7 Å². The summed E-state index contributed by atoms with van der Waals surface area (Å²) in [4.78, 5) is 5.96. The number of nitrogens with two attached hydrogens (primary N) is 1. The minimum absolute atomic E-state index is 0.00598. The lowest BCUT2D eigenvalue weighted by Crippen LogP contribution is -2.47. The quantitative estimate of drug-likeness (QED) is 0.682. The normalized spacial score (nSPS) is 25.8. The standard InChI is InChI=1S/C15H21Cl2N3O3S2/c1-3-7-19-14-20(8-4-2)15(21,13(17)24-14)10-5-6-11(16)12(9-10)25(18,22)23/h5-6,9,13,21H,3-4,7-8H2,1-2H3,(H2,18,22,23). The molecule has 2 rings (SSSR count). The number of rotatable bonds is 6. The van der Waals surface area contributed by atoms with Gasteiger partial charge in [-0.15, -0.1) is 11.6 Å². The first-order valence-corrected chi connectivity index (χ1v) is 11.1. The molecule has 1 aromatic carbocycles. The maximum atomic E-state index is 11.8. The number of hydrogen-bond acceptors (Lipinski definition) is 5. The van der Waals surface area contributed by atoms with Crippen molar-refractivity contribution in [1.29, 1.82) is 0 Å². The van der Waals surface area contributed by atoms with Gasteiger partial charge in [0.05, 0.1) is 5.02 Å². The summed E-state index contributed by atoms with van der Waals surface area (Å²) >= 11 is 13.6.